The smallest absolute Gasteiger partial charge is 0.318 e. The van der Waals surface area contributed by atoms with Gasteiger partial charge in [-0.25, -0.2) is 9.18 Å². The Labute approximate surface area is 108 Å². The van der Waals surface area contributed by atoms with E-state index in [4.69, 9.17) is 0 Å². The van der Waals surface area contributed by atoms with Crippen LogP contribution in [0.1, 0.15) is 39.3 Å². The van der Waals surface area contributed by atoms with Crippen molar-refractivity contribution >= 4 is 6.03 Å². The molecule has 0 radical (unpaired) electrons. The molecule has 0 aliphatic rings. The van der Waals surface area contributed by atoms with Crippen molar-refractivity contribution in [1.29, 1.82) is 0 Å². The van der Waals surface area contributed by atoms with E-state index in [0.29, 0.717) is 5.56 Å². The third-order valence-electron chi connectivity index (χ3n) is 2.74. The van der Waals surface area contributed by atoms with Gasteiger partial charge < -0.3 is 10.2 Å². The van der Waals surface area contributed by atoms with Crippen molar-refractivity contribution in [2.24, 2.45) is 0 Å². The van der Waals surface area contributed by atoms with Gasteiger partial charge in [0.25, 0.3) is 0 Å². The Morgan fingerprint density at radius 2 is 1.89 bits per heavy atom. The number of carbonyl (C=O) groups excluding carboxylic acids is 1. The van der Waals surface area contributed by atoms with Gasteiger partial charge in [0.2, 0.25) is 0 Å². The second-order valence-electron chi connectivity index (χ2n) is 5.49. The molecule has 1 N–H and O–H groups in total. The molecule has 1 aromatic carbocycles. The van der Waals surface area contributed by atoms with Crippen LogP contribution in [0.15, 0.2) is 24.3 Å². The molecule has 1 rings (SSSR count). The Kier molecular flexibility index (Phi) is 4.33. The zero-order chi connectivity index (χ0) is 13.9. The van der Waals surface area contributed by atoms with E-state index in [1.54, 1.807) is 32.2 Å². The molecular weight excluding hydrogens is 231 g/mol. The molecule has 100 valence electrons. The van der Waals surface area contributed by atoms with Crippen LogP contribution < -0.4 is 5.32 Å². The molecular formula is C14H21FN2O. The van der Waals surface area contributed by atoms with E-state index in [1.165, 1.54) is 11.0 Å². The summed E-state index contributed by atoms with van der Waals surface area (Å²) in [5.41, 5.74) is 0.212. The molecule has 1 aromatic rings. The van der Waals surface area contributed by atoms with Gasteiger partial charge in [-0.15, -0.1) is 0 Å². The Morgan fingerprint density at radius 3 is 2.39 bits per heavy atom. The monoisotopic (exact) mass is 252 g/mol. The second kappa shape index (κ2) is 5.38. The van der Waals surface area contributed by atoms with Gasteiger partial charge in [0.05, 0.1) is 6.04 Å². The first-order valence-corrected chi connectivity index (χ1v) is 6.02. The zero-order valence-electron chi connectivity index (χ0n) is 11.6. The summed E-state index contributed by atoms with van der Waals surface area (Å²) in [6, 6.07) is 5.99. The summed E-state index contributed by atoms with van der Waals surface area (Å²) in [5.74, 6) is -0.291. The first kappa shape index (κ1) is 14.5. The quantitative estimate of drug-likeness (QED) is 0.860. The summed E-state index contributed by atoms with van der Waals surface area (Å²) in [5, 5.41) is 2.85. The average molecular weight is 252 g/mol. The number of benzene rings is 1. The summed E-state index contributed by atoms with van der Waals surface area (Å²) in [4.78, 5) is 13.5. The average Bonchev–Trinajstić information content (AvgIpc) is 2.25. The fraction of sp³-hybridized carbons (Fsp3) is 0.500. The lowest BCUT2D eigenvalue weighted by Crippen LogP contribution is -2.47. The van der Waals surface area contributed by atoms with Gasteiger partial charge in [0.15, 0.2) is 0 Å². The predicted molar refractivity (Wildman–Crippen MR) is 70.9 cm³/mol. The number of nitrogens with one attached hydrogen (secondary N) is 1. The summed E-state index contributed by atoms with van der Waals surface area (Å²) in [6.07, 6.45) is 0. The maximum absolute atomic E-state index is 13.6. The maximum atomic E-state index is 13.6. The molecule has 0 heterocycles. The fourth-order valence-corrected chi connectivity index (χ4v) is 1.61. The van der Waals surface area contributed by atoms with Crippen molar-refractivity contribution in [3.05, 3.63) is 35.6 Å². The van der Waals surface area contributed by atoms with E-state index in [1.807, 2.05) is 20.8 Å². The molecule has 0 aromatic heterocycles. The van der Waals surface area contributed by atoms with Gasteiger partial charge in [-0.3, -0.25) is 0 Å². The van der Waals surface area contributed by atoms with Crippen molar-refractivity contribution in [2.45, 2.75) is 39.3 Å². The van der Waals surface area contributed by atoms with Crippen molar-refractivity contribution in [3.63, 3.8) is 0 Å². The van der Waals surface area contributed by atoms with Crippen molar-refractivity contribution in [1.82, 2.24) is 10.2 Å². The number of hydrogen-bond donors (Lipinski definition) is 1. The van der Waals surface area contributed by atoms with E-state index in [2.05, 4.69) is 5.32 Å². The lowest BCUT2D eigenvalue weighted by atomic mass is 10.1. The molecule has 4 heteroatoms. The molecule has 0 fully saturated rings. The van der Waals surface area contributed by atoms with Gasteiger partial charge in [-0.1, -0.05) is 18.2 Å². The Morgan fingerprint density at radius 1 is 1.33 bits per heavy atom. The van der Waals surface area contributed by atoms with Crippen LogP contribution in [-0.2, 0) is 0 Å². The number of halogens is 1. The van der Waals surface area contributed by atoms with E-state index in [-0.39, 0.29) is 23.4 Å². The highest BCUT2D eigenvalue weighted by atomic mass is 19.1. The number of rotatable bonds is 2. The molecule has 0 aliphatic heterocycles. The summed E-state index contributed by atoms with van der Waals surface area (Å²) < 4.78 is 13.6. The van der Waals surface area contributed by atoms with Crippen LogP contribution in [0.25, 0.3) is 0 Å². The fourth-order valence-electron chi connectivity index (χ4n) is 1.61. The molecule has 0 aliphatic carbocycles. The number of urea groups is 1. The van der Waals surface area contributed by atoms with E-state index < -0.39 is 0 Å². The number of amides is 2. The highest BCUT2D eigenvalue weighted by molar-refractivity contribution is 5.75. The van der Waals surface area contributed by atoms with Crippen molar-refractivity contribution in [2.75, 3.05) is 7.05 Å². The van der Waals surface area contributed by atoms with Crippen molar-refractivity contribution in [3.8, 4) is 0 Å². The van der Waals surface area contributed by atoms with Gasteiger partial charge >= 0.3 is 6.03 Å². The highest BCUT2D eigenvalue weighted by Crippen LogP contribution is 2.21. The molecule has 0 spiro atoms. The minimum atomic E-state index is -0.312. The van der Waals surface area contributed by atoms with Gasteiger partial charge in [-0.2, -0.15) is 0 Å². The third-order valence-corrected chi connectivity index (χ3v) is 2.74. The molecule has 1 atom stereocenters. The van der Waals surface area contributed by atoms with Crippen LogP contribution in [0.4, 0.5) is 9.18 Å². The van der Waals surface area contributed by atoms with Crippen LogP contribution in [-0.4, -0.2) is 23.5 Å². The number of carbonyl (C=O) groups is 1. The highest BCUT2D eigenvalue weighted by Gasteiger charge is 2.22. The zero-order valence-corrected chi connectivity index (χ0v) is 11.6. The summed E-state index contributed by atoms with van der Waals surface area (Å²) in [7, 11) is 1.66. The predicted octanol–water partition coefficient (Wildman–Crippen LogP) is 3.33. The minimum Gasteiger partial charge on any atom is -0.333 e. The van der Waals surface area contributed by atoms with Crippen LogP contribution >= 0.6 is 0 Å². The molecule has 3 nitrogen and oxygen atoms in total. The van der Waals surface area contributed by atoms with Crippen molar-refractivity contribution < 1.29 is 9.18 Å². The Hall–Kier alpha value is -1.58. The van der Waals surface area contributed by atoms with Gasteiger partial charge in [-0.05, 0) is 33.8 Å². The largest absolute Gasteiger partial charge is 0.333 e. The van der Waals surface area contributed by atoms with Gasteiger partial charge in [0.1, 0.15) is 5.82 Å². The topological polar surface area (TPSA) is 32.3 Å². The van der Waals surface area contributed by atoms with Crippen LogP contribution in [0.3, 0.4) is 0 Å². The molecule has 0 saturated carbocycles. The van der Waals surface area contributed by atoms with Crippen LogP contribution in [0, 0.1) is 5.82 Å². The van der Waals surface area contributed by atoms with E-state index in [0.717, 1.165) is 0 Å². The first-order chi connectivity index (χ1) is 8.22. The molecule has 0 bridgehead atoms. The minimum absolute atomic E-state index is 0.210. The molecule has 18 heavy (non-hydrogen) atoms. The molecule has 1 unspecified atom stereocenters. The molecule has 0 saturated heterocycles. The Balaban J connectivity index is 2.82. The second-order valence-corrected chi connectivity index (χ2v) is 5.49. The summed E-state index contributed by atoms with van der Waals surface area (Å²) >= 11 is 0. The first-order valence-electron chi connectivity index (χ1n) is 6.02. The van der Waals surface area contributed by atoms with E-state index in [9.17, 15) is 9.18 Å². The maximum Gasteiger partial charge on any atom is 0.318 e. The van der Waals surface area contributed by atoms with Crippen LogP contribution in [0.5, 0.6) is 0 Å². The normalized spacial score (nSPS) is 13.0. The summed E-state index contributed by atoms with van der Waals surface area (Å²) in [6.45, 7) is 7.53. The number of nitrogens with zero attached hydrogens (tertiary/aromatic N) is 1. The Bertz CT molecular complexity index is 426. The lowest BCUT2D eigenvalue weighted by molar-refractivity contribution is 0.184. The number of hydrogen-bond acceptors (Lipinski definition) is 1. The third kappa shape index (κ3) is 3.72. The standard InChI is InChI=1S/C14H21FN2O/c1-10(11-8-6-7-9-12(11)15)17(5)13(18)16-14(2,3)4/h6-10H,1-5H3,(H,16,18). The molecule has 2 amide bonds. The van der Waals surface area contributed by atoms with E-state index >= 15 is 0 Å². The van der Waals surface area contributed by atoms with Gasteiger partial charge in [0, 0.05) is 18.2 Å². The SMILES string of the molecule is CC(c1ccccc1F)N(C)C(=O)NC(C)(C)C. The van der Waals surface area contributed by atoms with Crippen LogP contribution in [0.2, 0.25) is 0 Å². The lowest BCUT2D eigenvalue weighted by Gasteiger charge is -2.30.